The average Bonchev–Trinajstić information content (AvgIpc) is 2.32. The third-order valence-corrected chi connectivity index (χ3v) is 4.63. The van der Waals surface area contributed by atoms with E-state index in [1.54, 1.807) is 0 Å². The van der Waals surface area contributed by atoms with Crippen molar-refractivity contribution in [3.05, 3.63) is 0 Å². The molecule has 1 rings (SSSR count). The van der Waals surface area contributed by atoms with Crippen LogP contribution in [-0.2, 0) is 0 Å². The van der Waals surface area contributed by atoms with E-state index in [4.69, 9.17) is 0 Å². The maximum Gasteiger partial charge on any atom is 0.0304 e. The fraction of sp³-hybridized carbons (Fsp3) is 1.00. The van der Waals surface area contributed by atoms with Gasteiger partial charge in [-0.2, -0.15) is 0 Å². The van der Waals surface area contributed by atoms with Crippen LogP contribution in [0.15, 0.2) is 0 Å². The van der Waals surface area contributed by atoms with Crippen molar-refractivity contribution in [2.75, 3.05) is 19.6 Å². The monoisotopic (exact) mass is 240 g/mol. The molecule has 17 heavy (non-hydrogen) atoms. The first-order chi connectivity index (χ1) is 7.99. The second-order valence-corrected chi connectivity index (χ2v) is 6.28. The molecule has 0 saturated carbocycles. The maximum absolute atomic E-state index is 3.80. The molecule has 0 aliphatic carbocycles. The molecule has 0 unspecified atom stereocenters. The largest absolute Gasteiger partial charge is 0.308 e. The average molecular weight is 240 g/mol. The van der Waals surface area contributed by atoms with E-state index in [2.05, 4.69) is 44.8 Å². The van der Waals surface area contributed by atoms with Crippen LogP contribution in [0.2, 0.25) is 0 Å². The normalized spacial score (nSPS) is 23.8. The van der Waals surface area contributed by atoms with Gasteiger partial charge in [0.05, 0.1) is 0 Å². The van der Waals surface area contributed by atoms with E-state index in [9.17, 15) is 0 Å². The molecular formula is C15H32N2. The first-order valence-electron chi connectivity index (χ1n) is 7.50. The van der Waals surface area contributed by atoms with Gasteiger partial charge in [-0.15, -0.1) is 0 Å². The highest BCUT2D eigenvalue weighted by Crippen LogP contribution is 2.28. The van der Waals surface area contributed by atoms with Gasteiger partial charge in [0.15, 0.2) is 0 Å². The molecule has 102 valence electrons. The zero-order chi connectivity index (χ0) is 12.9. The molecule has 0 amide bonds. The molecule has 0 bridgehead atoms. The lowest BCUT2D eigenvalue weighted by Gasteiger charge is -2.52. The van der Waals surface area contributed by atoms with Crippen LogP contribution in [0.25, 0.3) is 0 Å². The topological polar surface area (TPSA) is 15.3 Å². The van der Waals surface area contributed by atoms with Crippen LogP contribution in [0.3, 0.4) is 0 Å². The summed E-state index contributed by atoms with van der Waals surface area (Å²) in [6.07, 6.45) is 6.52. The Bertz CT molecular complexity index is 219. The lowest BCUT2D eigenvalue weighted by atomic mass is 9.85. The first-order valence-corrected chi connectivity index (χ1v) is 7.50. The summed E-state index contributed by atoms with van der Waals surface area (Å²) >= 11 is 0. The van der Waals surface area contributed by atoms with E-state index >= 15 is 0 Å². The fourth-order valence-electron chi connectivity index (χ4n) is 2.81. The third kappa shape index (κ3) is 3.69. The molecule has 2 heteroatoms. The van der Waals surface area contributed by atoms with Crippen LogP contribution in [0, 0.1) is 0 Å². The fourth-order valence-corrected chi connectivity index (χ4v) is 2.81. The van der Waals surface area contributed by atoms with E-state index in [-0.39, 0.29) is 0 Å². The summed E-state index contributed by atoms with van der Waals surface area (Å²) in [4.78, 5) is 2.71. The van der Waals surface area contributed by atoms with Crippen molar-refractivity contribution in [2.24, 2.45) is 0 Å². The SMILES string of the molecule is CCCCCN1CC(CC)(CC)NCC1(C)C. The summed E-state index contributed by atoms with van der Waals surface area (Å²) in [5, 5.41) is 3.80. The summed E-state index contributed by atoms with van der Waals surface area (Å²) in [7, 11) is 0. The molecule has 1 heterocycles. The van der Waals surface area contributed by atoms with Crippen LogP contribution in [0.5, 0.6) is 0 Å². The lowest BCUT2D eigenvalue weighted by molar-refractivity contribution is 0.0215. The number of hydrogen-bond donors (Lipinski definition) is 1. The minimum absolute atomic E-state index is 0.321. The van der Waals surface area contributed by atoms with E-state index in [0.717, 1.165) is 6.54 Å². The van der Waals surface area contributed by atoms with E-state index in [0.29, 0.717) is 11.1 Å². The first kappa shape index (κ1) is 15.0. The number of unbranched alkanes of at least 4 members (excludes halogenated alkanes) is 2. The molecule has 2 nitrogen and oxygen atoms in total. The quantitative estimate of drug-likeness (QED) is 0.716. The molecular weight excluding hydrogens is 208 g/mol. The van der Waals surface area contributed by atoms with Crippen molar-refractivity contribution in [1.29, 1.82) is 0 Å². The van der Waals surface area contributed by atoms with Crippen molar-refractivity contribution < 1.29 is 0 Å². The Morgan fingerprint density at radius 3 is 2.24 bits per heavy atom. The van der Waals surface area contributed by atoms with Crippen LogP contribution in [-0.4, -0.2) is 35.6 Å². The van der Waals surface area contributed by atoms with Gasteiger partial charge >= 0.3 is 0 Å². The van der Waals surface area contributed by atoms with Crippen LogP contribution >= 0.6 is 0 Å². The van der Waals surface area contributed by atoms with Gasteiger partial charge in [0, 0.05) is 24.2 Å². The second-order valence-electron chi connectivity index (χ2n) is 6.28. The highest BCUT2D eigenvalue weighted by Gasteiger charge is 2.40. The highest BCUT2D eigenvalue weighted by atomic mass is 15.3. The number of hydrogen-bond acceptors (Lipinski definition) is 2. The molecule has 1 saturated heterocycles. The molecule has 0 aromatic rings. The Morgan fingerprint density at radius 2 is 1.71 bits per heavy atom. The van der Waals surface area contributed by atoms with Gasteiger partial charge in [-0.05, 0) is 39.7 Å². The zero-order valence-corrected chi connectivity index (χ0v) is 12.6. The van der Waals surface area contributed by atoms with Crippen molar-refractivity contribution in [2.45, 2.75) is 77.8 Å². The van der Waals surface area contributed by atoms with E-state index in [1.165, 1.54) is 45.2 Å². The summed E-state index contributed by atoms with van der Waals surface area (Å²) in [6.45, 7) is 15.3. The van der Waals surface area contributed by atoms with Crippen molar-refractivity contribution in [3.8, 4) is 0 Å². The Hall–Kier alpha value is -0.0800. The number of nitrogens with zero attached hydrogens (tertiary/aromatic N) is 1. The molecule has 1 aliphatic rings. The number of rotatable bonds is 6. The summed E-state index contributed by atoms with van der Waals surface area (Å²) in [6, 6.07) is 0. The Kier molecular flexibility index (Phi) is 5.46. The van der Waals surface area contributed by atoms with Gasteiger partial charge in [0.25, 0.3) is 0 Å². The summed E-state index contributed by atoms with van der Waals surface area (Å²) in [5.41, 5.74) is 0.684. The van der Waals surface area contributed by atoms with Crippen molar-refractivity contribution in [1.82, 2.24) is 10.2 Å². The van der Waals surface area contributed by atoms with Gasteiger partial charge < -0.3 is 5.32 Å². The van der Waals surface area contributed by atoms with Gasteiger partial charge in [0.1, 0.15) is 0 Å². The van der Waals surface area contributed by atoms with E-state index < -0.39 is 0 Å². The van der Waals surface area contributed by atoms with Crippen molar-refractivity contribution >= 4 is 0 Å². The predicted octanol–water partition coefficient (Wildman–Crippen LogP) is 3.42. The molecule has 0 spiro atoms. The van der Waals surface area contributed by atoms with Gasteiger partial charge in [0.2, 0.25) is 0 Å². The number of piperazine rings is 1. The standard InChI is InChI=1S/C15H32N2/c1-6-9-10-11-17-13-15(7-2,8-3)16-12-14(17,4)5/h16H,6-13H2,1-5H3. The number of nitrogens with one attached hydrogen (secondary N) is 1. The lowest BCUT2D eigenvalue weighted by Crippen LogP contribution is -2.67. The van der Waals surface area contributed by atoms with Crippen molar-refractivity contribution in [3.63, 3.8) is 0 Å². The Balaban J connectivity index is 2.62. The predicted molar refractivity (Wildman–Crippen MR) is 76.5 cm³/mol. The molecule has 1 N–H and O–H groups in total. The Labute approximate surface area is 108 Å². The molecule has 1 fully saturated rings. The smallest absolute Gasteiger partial charge is 0.0304 e. The maximum atomic E-state index is 3.80. The minimum atomic E-state index is 0.321. The van der Waals surface area contributed by atoms with Crippen LogP contribution < -0.4 is 5.32 Å². The summed E-state index contributed by atoms with van der Waals surface area (Å²) in [5.74, 6) is 0. The molecule has 0 aromatic carbocycles. The molecule has 0 radical (unpaired) electrons. The highest BCUT2D eigenvalue weighted by molar-refractivity contribution is 5.00. The van der Waals surface area contributed by atoms with Crippen LogP contribution in [0.4, 0.5) is 0 Å². The molecule has 0 atom stereocenters. The van der Waals surface area contributed by atoms with Crippen LogP contribution in [0.1, 0.15) is 66.7 Å². The minimum Gasteiger partial charge on any atom is -0.308 e. The van der Waals surface area contributed by atoms with Gasteiger partial charge in [-0.25, -0.2) is 0 Å². The molecule has 1 aliphatic heterocycles. The molecule has 0 aromatic heterocycles. The zero-order valence-electron chi connectivity index (χ0n) is 12.6. The Morgan fingerprint density at radius 1 is 1.06 bits per heavy atom. The second kappa shape index (κ2) is 6.19. The van der Waals surface area contributed by atoms with Gasteiger partial charge in [-0.3, -0.25) is 4.90 Å². The summed E-state index contributed by atoms with van der Waals surface area (Å²) < 4.78 is 0. The third-order valence-electron chi connectivity index (χ3n) is 4.63. The van der Waals surface area contributed by atoms with Gasteiger partial charge in [-0.1, -0.05) is 33.6 Å². The van der Waals surface area contributed by atoms with E-state index in [1.807, 2.05) is 0 Å².